The molecule has 0 amide bonds. The van der Waals surface area contributed by atoms with E-state index in [2.05, 4.69) is 32.3 Å². The zero-order chi connectivity index (χ0) is 22.7. The van der Waals surface area contributed by atoms with Crippen molar-refractivity contribution in [3.63, 3.8) is 0 Å². The van der Waals surface area contributed by atoms with Gasteiger partial charge >= 0.3 is 5.63 Å². The molecule has 0 unspecified atom stereocenters. The fraction of sp³-hybridized carbons (Fsp3) is 0.0870. The van der Waals surface area contributed by atoms with E-state index in [0.717, 1.165) is 9.86 Å². The van der Waals surface area contributed by atoms with Gasteiger partial charge in [0.1, 0.15) is 33.7 Å². The zero-order valence-corrected chi connectivity index (χ0v) is 19.4. The first-order valence-corrected chi connectivity index (χ1v) is 11.0. The number of halogens is 1. The summed E-state index contributed by atoms with van der Waals surface area (Å²) in [5, 5.41) is 15.7. The zero-order valence-electron chi connectivity index (χ0n) is 17.0. The molecule has 0 aliphatic heterocycles. The highest BCUT2D eigenvalue weighted by Crippen LogP contribution is 2.31. The van der Waals surface area contributed by atoms with Crippen LogP contribution in [-0.2, 0) is 0 Å². The second-order valence-corrected chi connectivity index (χ2v) is 8.32. The van der Waals surface area contributed by atoms with Crippen molar-refractivity contribution in [1.29, 1.82) is 5.26 Å². The van der Waals surface area contributed by atoms with Crippen LogP contribution in [0.5, 0.6) is 11.5 Å². The molecule has 9 heteroatoms. The number of ether oxygens (including phenoxy) is 2. The Labute approximate surface area is 195 Å². The Morgan fingerprint density at radius 1 is 1.22 bits per heavy atom. The van der Waals surface area contributed by atoms with E-state index in [1.54, 1.807) is 62.2 Å². The molecule has 0 saturated heterocycles. The Balaban J connectivity index is 1.65. The summed E-state index contributed by atoms with van der Waals surface area (Å²) in [6, 6.07) is 14.6. The number of fused-ring (bicyclic) bond motifs is 1. The predicted octanol–water partition coefficient (Wildman–Crippen LogP) is 5.67. The third kappa shape index (κ3) is 4.37. The maximum atomic E-state index is 12.5. The van der Waals surface area contributed by atoms with Crippen molar-refractivity contribution in [3.8, 4) is 28.8 Å². The molecule has 32 heavy (non-hydrogen) atoms. The number of rotatable bonds is 6. The monoisotopic (exact) mass is 509 g/mol. The standard InChI is InChI=1S/C23H16BrN3O4S/c1-29-16-4-5-18(21(9-16)30-2)26-11-14(10-25)22-27-19(12-32-22)17-8-13-7-15(24)3-6-20(13)31-23(17)28/h3-9,11-12,26H,1-2H3/b14-11-. The molecule has 7 nitrogen and oxygen atoms in total. The first-order chi connectivity index (χ1) is 15.5. The Morgan fingerprint density at radius 3 is 2.81 bits per heavy atom. The van der Waals surface area contributed by atoms with Crippen LogP contribution in [0, 0.1) is 11.3 Å². The molecule has 160 valence electrons. The second-order valence-electron chi connectivity index (χ2n) is 6.55. The van der Waals surface area contributed by atoms with Crippen molar-refractivity contribution in [2.75, 3.05) is 19.5 Å². The van der Waals surface area contributed by atoms with Gasteiger partial charge in [0.2, 0.25) is 0 Å². The van der Waals surface area contributed by atoms with E-state index in [4.69, 9.17) is 13.9 Å². The molecule has 2 aromatic heterocycles. The van der Waals surface area contributed by atoms with Crippen LogP contribution in [0.1, 0.15) is 5.01 Å². The van der Waals surface area contributed by atoms with Crippen LogP contribution in [0.15, 0.2) is 67.7 Å². The molecular formula is C23H16BrN3O4S. The molecule has 0 atom stereocenters. The van der Waals surface area contributed by atoms with Gasteiger partial charge in [0.15, 0.2) is 0 Å². The Kier molecular flexibility index (Phi) is 6.25. The average Bonchev–Trinajstić information content (AvgIpc) is 3.29. The summed E-state index contributed by atoms with van der Waals surface area (Å²) in [4.78, 5) is 17.0. The first-order valence-electron chi connectivity index (χ1n) is 9.31. The molecule has 4 rings (SSSR count). The number of thiazole rings is 1. The number of hydrogen-bond acceptors (Lipinski definition) is 8. The van der Waals surface area contributed by atoms with Crippen LogP contribution in [0.25, 0.3) is 27.8 Å². The molecule has 0 radical (unpaired) electrons. The highest BCUT2D eigenvalue weighted by molar-refractivity contribution is 9.10. The smallest absolute Gasteiger partial charge is 0.345 e. The first kappa shape index (κ1) is 21.6. The predicted molar refractivity (Wildman–Crippen MR) is 128 cm³/mol. The summed E-state index contributed by atoms with van der Waals surface area (Å²) in [6.07, 6.45) is 1.55. The lowest BCUT2D eigenvalue weighted by Gasteiger charge is -2.10. The number of aromatic nitrogens is 1. The van der Waals surface area contributed by atoms with Gasteiger partial charge in [0.05, 0.1) is 31.2 Å². The number of benzene rings is 2. The van der Waals surface area contributed by atoms with Crippen LogP contribution < -0.4 is 20.4 Å². The third-order valence-electron chi connectivity index (χ3n) is 4.61. The molecule has 4 aromatic rings. The minimum Gasteiger partial charge on any atom is -0.497 e. The number of nitriles is 1. The molecule has 1 N–H and O–H groups in total. The van der Waals surface area contributed by atoms with Crippen molar-refractivity contribution in [1.82, 2.24) is 4.98 Å². The fourth-order valence-corrected chi connectivity index (χ4v) is 4.17. The van der Waals surface area contributed by atoms with E-state index in [1.165, 1.54) is 11.3 Å². The van der Waals surface area contributed by atoms with Crippen molar-refractivity contribution >= 4 is 49.5 Å². The minimum atomic E-state index is -0.486. The SMILES string of the molecule is COc1ccc(N/C=C(/C#N)c2nc(-c3cc4cc(Br)ccc4oc3=O)cs2)c(OC)c1. The number of methoxy groups -OCH3 is 2. The van der Waals surface area contributed by atoms with Gasteiger partial charge in [0, 0.05) is 27.5 Å². The fourth-order valence-electron chi connectivity index (χ4n) is 3.00. The molecule has 0 aliphatic rings. The third-order valence-corrected chi connectivity index (χ3v) is 5.97. The van der Waals surface area contributed by atoms with Gasteiger partial charge in [-0.2, -0.15) is 5.26 Å². The van der Waals surface area contributed by atoms with E-state index in [9.17, 15) is 10.1 Å². The highest BCUT2D eigenvalue weighted by Gasteiger charge is 2.14. The normalized spacial score (nSPS) is 11.2. The van der Waals surface area contributed by atoms with E-state index in [-0.39, 0.29) is 0 Å². The Hall–Kier alpha value is -3.61. The van der Waals surface area contributed by atoms with Crippen LogP contribution in [0.2, 0.25) is 0 Å². The lowest BCUT2D eigenvalue weighted by molar-refractivity contribution is 0.395. The minimum absolute atomic E-state index is 0.312. The lowest BCUT2D eigenvalue weighted by Crippen LogP contribution is -2.03. The summed E-state index contributed by atoms with van der Waals surface area (Å²) >= 11 is 4.68. The number of allylic oxidation sites excluding steroid dienone is 1. The molecule has 2 heterocycles. The molecule has 0 saturated carbocycles. The van der Waals surface area contributed by atoms with Crippen molar-refractivity contribution in [2.24, 2.45) is 0 Å². The largest absolute Gasteiger partial charge is 0.497 e. The van der Waals surface area contributed by atoms with Crippen LogP contribution in [0.3, 0.4) is 0 Å². The summed E-state index contributed by atoms with van der Waals surface area (Å²) in [5.41, 5.74) is 1.77. The van der Waals surface area contributed by atoms with E-state index >= 15 is 0 Å². The van der Waals surface area contributed by atoms with Gasteiger partial charge in [-0.1, -0.05) is 15.9 Å². The van der Waals surface area contributed by atoms with Gasteiger partial charge in [-0.05, 0) is 36.4 Å². The second kappa shape index (κ2) is 9.26. The Morgan fingerprint density at radius 2 is 2.06 bits per heavy atom. The number of anilines is 1. The van der Waals surface area contributed by atoms with Crippen molar-refractivity contribution in [3.05, 3.63) is 73.9 Å². The molecule has 0 aliphatic carbocycles. The van der Waals surface area contributed by atoms with E-state index < -0.39 is 5.63 Å². The molecular weight excluding hydrogens is 494 g/mol. The van der Waals surface area contributed by atoms with Crippen LogP contribution >= 0.6 is 27.3 Å². The van der Waals surface area contributed by atoms with Crippen molar-refractivity contribution in [2.45, 2.75) is 0 Å². The summed E-state index contributed by atoms with van der Waals surface area (Å²) < 4.78 is 16.9. The highest BCUT2D eigenvalue weighted by atomic mass is 79.9. The summed E-state index contributed by atoms with van der Waals surface area (Å²) in [7, 11) is 3.13. The van der Waals surface area contributed by atoms with Gasteiger partial charge < -0.3 is 19.2 Å². The quantitative estimate of drug-likeness (QED) is 0.264. The van der Waals surface area contributed by atoms with Crippen molar-refractivity contribution < 1.29 is 13.9 Å². The Bertz CT molecular complexity index is 1440. The van der Waals surface area contributed by atoms with E-state index in [1.807, 2.05) is 6.07 Å². The molecule has 0 bridgehead atoms. The average molecular weight is 510 g/mol. The van der Waals surface area contributed by atoms with Gasteiger partial charge in [-0.15, -0.1) is 11.3 Å². The topological polar surface area (TPSA) is 97.4 Å². The maximum absolute atomic E-state index is 12.5. The van der Waals surface area contributed by atoms with Crippen LogP contribution in [-0.4, -0.2) is 19.2 Å². The van der Waals surface area contributed by atoms with E-state index in [0.29, 0.717) is 44.6 Å². The number of nitrogens with one attached hydrogen (secondary N) is 1. The molecule has 0 fully saturated rings. The van der Waals surface area contributed by atoms with Gasteiger partial charge in [-0.3, -0.25) is 0 Å². The van der Waals surface area contributed by atoms with Gasteiger partial charge in [-0.25, -0.2) is 9.78 Å². The molecule has 2 aromatic carbocycles. The number of nitrogens with zero attached hydrogens (tertiary/aromatic N) is 2. The maximum Gasteiger partial charge on any atom is 0.345 e. The number of hydrogen-bond donors (Lipinski definition) is 1. The lowest BCUT2D eigenvalue weighted by atomic mass is 10.1. The summed E-state index contributed by atoms with van der Waals surface area (Å²) in [5.74, 6) is 1.22. The van der Waals surface area contributed by atoms with Gasteiger partial charge in [0.25, 0.3) is 0 Å². The molecule has 0 spiro atoms. The van der Waals surface area contributed by atoms with Crippen LogP contribution in [0.4, 0.5) is 5.69 Å². The summed E-state index contributed by atoms with van der Waals surface area (Å²) in [6.45, 7) is 0.